The van der Waals surface area contributed by atoms with Gasteiger partial charge in [-0.3, -0.25) is 4.90 Å². The first kappa shape index (κ1) is 24.7. The van der Waals surface area contributed by atoms with E-state index < -0.39 is 23.8 Å². The number of amides is 2. The van der Waals surface area contributed by atoms with Crippen molar-refractivity contribution >= 4 is 44.9 Å². The molecule has 6 rings (SSSR count). The van der Waals surface area contributed by atoms with Crippen LogP contribution in [0.5, 0.6) is 0 Å². The molecule has 0 aliphatic carbocycles. The van der Waals surface area contributed by atoms with Crippen molar-refractivity contribution in [3.63, 3.8) is 0 Å². The van der Waals surface area contributed by atoms with Gasteiger partial charge >= 0.3 is 11.5 Å². The predicted octanol–water partition coefficient (Wildman–Crippen LogP) is 5.29. The first-order valence-electron chi connectivity index (χ1n) is 12.1. The number of thiophene rings is 1. The van der Waals surface area contributed by atoms with Crippen LogP contribution in [0.4, 0.5) is 28.0 Å². The number of nitrogens with zero attached hydrogens (tertiary/aromatic N) is 3. The SMILES string of the molecule is CCN1[C@@H]2CC[C@H]1[C@H](F)[C@H](Nc1cccc3c(SC(F)(F)F)c(-c4noc([C@H]5CNC(=O)N5)n4)sc13)C2. The van der Waals surface area contributed by atoms with Crippen LogP contribution in [-0.2, 0) is 0 Å². The fourth-order valence-electron chi connectivity index (χ4n) is 5.73. The van der Waals surface area contributed by atoms with Gasteiger partial charge in [0.05, 0.1) is 21.3 Å². The minimum atomic E-state index is -4.54. The number of piperidine rings is 1. The molecule has 2 amide bonds. The van der Waals surface area contributed by atoms with Crippen LogP contribution in [0, 0.1) is 0 Å². The van der Waals surface area contributed by atoms with Gasteiger partial charge in [0, 0.05) is 28.9 Å². The number of nitrogens with one attached hydrogen (secondary N) is 3. The molecule has 3 N–H and O–H groups in total. The zero-order valence-corrected chi connectivity index (χ0v) is 21.3. The van der Waals surface area contributed by atoms with Crippen molar-refractivity contribution in [2.24, 2.45) is 0 Å². The van der Waals surface area contributed by atoms with E-state index in [2.05, 4.69) is 31.0 Å². The Labute approximate surface area is 217 Å². The lowest BCUT2D eigenvalue weighted by Crippen LogP contribution is -2.54. The molecule has 3 aromatic rings. The first-order valence-corrected chi connectivity index (χ1v) is 13.7. The molecule has 8 nitrogen and oxygen atoms in total. The maximum absolute atomic E-state index is 15.5. The number of benzene rings is 1. The van der Waals surface area contributed by atoms with Gasteiger partial charge in [0.25, 0.3) is 5.89 Å². The van der Waals surface area contributed by atoms with Crippen LogP contribution in [0.15, 0.2) is 27.6 Å². The van der Waals surface area contributed by atoms with Crippen molar-refractivity contribution in [2.75, 3.05) is 18.4 Å². The maximum atomic E-state index is 15.5. The lowest BCUT2D eigenvalue weighted by Gasteiger charge is -2.41. The van der Waals surface area contributed by atoms with E-state index in [1.165, 1.54) is 0 Å². The Morgan fingerprint density at radius 2 is 2.16 bits per heavy atom. The highest BCUT2D eigenvalue weighted by molar-refractivity contribution is 8.00. The van der Waals surface area contributed by atoms with Gasteiger partial charge < -0.3 is 20.5 Å². The number of halogens is 4. The van der Waals surface area contributed by atoms with Crippen molar-refractivity contribution in [1.82, 2.24) is 25.7 Å². The second-order valence-electron chi connectivity index (χ2n) is 9.41. The molecule has 1 aromatic carbocycles. The van der Waals surface area contributed by atoms with E-state index in [4.69, 9.17) is 4.52 Å². The molecule has 0 radical (unpaired) electrons. The molecule has 5 atom stereocenters. The van der Waals surface area contributed by atoms with Crippen molar-refractivity contribution in [2.45, 2.75) is 66.9 Å². The third kappa shape index (κ3) is 4.52. The summed E-state index contributed by atoms with van der Waals surface area (Å²) >= 11 is 0.876. The van der Waals surface area contributed by atoms with Crippen LogP contribution in [-0.4, -0.2) is 64.0 Å². The van der Waals surface area contributed by atoms with Crippen LogP contribution in [0.25, 0.3) is 20.8 Å². The molecule has 2 bridgehead atoms. The lowest BCUT2D eigenvalue weighted by molar-refractivity contribution is -0.0327. The average Bonchev–Trinajstić information content (AvgIpc) is 3.62. The Kier molecular flexibility index (Phi) is 6.23. The molecule has 3 aliphatic rings. The summed E-state index contributed by atoms with van der Waals surface area (Å²) in [4.78, 5) is 18.2. The van der Waals surface area contributed by atoms with E-state index in [0.29, 0.717) is 28.2 Å². The number of alkyl halides is 4. The van der Waals surface area contributed by atoms with Gasteiger partial charge in [0.2, 0.25) is 5.82 Å². The summed E-state index contributed by atoms with van der Waals surface area (Å²) in [5.74, 6) is 0.109. The number of carbonyl (C=O) groups is 1. The minimum Gasteiger partial charge on any atom is -0.378 e. The normalized spacial score (nSPS) is 28.0. The molecule has 5 heterocycles. The number of hydrogen-bond donors (Lipinski definition) is 3. The summed E-state index contributed by atoms with van der Waals surface area (Å²) in [6, 6.07) is 3.85. The zero-order chi connectivity index (χ0) is 25.9. The largest absolute Gasteiger partial charge is 0.446 e. The first-order chi connectivity index (χ1) is 17.7. The number of rotatable bonds is 6. The fourth-order valence-corrected chi connectivity index (χ4v) is 7.84. The molecular formula is C23H24F4N6O2S2. The highest BCUT2D eigenvalue weighted by atomic mass is 32.2. The van der Waals surface area contributed by atoms with Crippen LogP contribution >= 0.6 is 23.1 Å². The molecule has 198 valence electrons. The summed E-state index contributed by atoms with van der Waals surface area (Å²) < 4.78 is 62.2. The van der Waals surface area contributed by atoms with E-state index in [1.807, 2.05) is 6.92 Å². The molecule has 3 aliphatic heterocycles. The number of carbonyl (C=O) groups excluding carboxylic acids is 1. The monoisotopic (exact) mass is 556 g/mol. The van der Waals surface area contributed by atoms with Gasteiger partial charge in [0.1, 0.15) is 12.2 Å². The smallest absolute Gasteiger partial charge is 0.378 e. The van der Waals surface area contributed by atoms with Gasteiger partial charge in [0.15, 0.2) is 0 Å². The van der Waals surface area contributed by atoms with Gasteiger partial charge in [-0.2, -0.15) is 18.2 Å². The third-order valence-electron chi connectivity index (χ3n) is 7.28. The second kappa shape index (κ2) is 9.31. The van der Waals surface area contributed by atoms with Gasteiger partial charge in [-0.15, -0.1) is 11.3 Å². The maximum Gasteiger partial charge on any atom is 0.446 e. The number of aromatic nitrogens is 2. The summed E-state index contributed by atoms with van der Waals surface area (Å²) in [5.41, 5.74) is -3.95. The summed E-state index contributed by atoms with van der Waals surface area (Å²) in [6.07, 6.45) is 1.33. The van der Waals surface area contributed by atoms with Crippen molar-refractivity contribution in [3.05, 3.63) is 24.1 Å². The number of anilines is 1. The number of urea groups is 1. The number of thioether (sulfide) groups is 1. The Hall–Kier alpha value is -2.58. The van der Waals surface area contributed by atoms with Crippen molar-refractivity contribution in [1.29, 1.82) is 0 Å². The Balaban J connectivity index is 1.36. The van der Waals surface area contributed by atoms with E-state index in [-0.39, 0.29) is 51.9 Å². The number of hydrogen-bond acceptors (Lipinski definition) is 8. The molecule has 0 saturated carbocycles. The van der Waals surface area contributed by atoms with Crippen LogP contribution < -0.4 is 16.0 Å². The van der Waals surface area contributed by atoms with E-state index >= 15 is 4.39 Å². The molecule has 0 spiro atoms. The minimum absolute atomic E-state index is 0.00714. The third-order valence-corrected chi connectivity index (χ3v) is 9.50. The van der Waals surface area contributed by atoms with Crippen LogP contribution in [0.2, 0.25) is 0 Å². The van der Waals surface area contributed by atoms with Gasteiger partial charge in [-0.1, -0.05) is 24.2 Å². The Bertz CT molecular complexity index is 1330. The zero-order valence-electron chi connectivity index (χ0n) is 19.6. The fraction of sp³-hybridized carbons (Fsp3) is 0.522. The summed E-state index contributed by atoms with van der Waals surface area (Å²) in [5, 5.41) is 12.8. The molecule has 3 fully saturated rings. The molecule has 3 saturated heterocycles. The highest BCUT2D eigenvalue weighted by Gasteiger charge is 2.47. The molecule has 2 aromatic heterocycles. The van der Waals surface area contributed by atoms with Crippen LogP contribution in [0.3, 0.4) is 0 Å². The average molecular weight is 557 g/mol. The Morgan fingerprint density at radius 3 is 2.89 bits per heavy atom. The standard InChI is InChI=1S/C23H24F4N6O2S2/c1-2-33-10-6-7-15(33)16(24)13(8-10)29-12-5-3-4-11-17(12)36-19(18(11)37-23(25,26)27)20-31-21(35-32-20)14-9-28-22(34)30-14/h3-5,10,13-16,29H,2,6-9H2,1H3,(H2,28,30,34)/t10-,13-,14-,15+,16-/m1/s1. The van der Waals surface area contributed by atoms with E-state index in [9.17, 15) is 18.0 Å². The van der Waals surface area contributed by atoms with Crippen molar-refractivity contribution < 1.29 is 26.9 Å². The topological polar surface area (TPSA) is 95.3 Å². The number of fused-ring (bicyclic) bond motifs is 3. The Morgan fingerprint density at radius 1 is 1.32 bits per heavy atom. The predicted molar refractivity (Wildman–Crippen MR) is 132 cm³/mol. The van der Waals surface area contributed by atoms with Gasteiger partial charge in [-0.05, 0) is 43.6 Å². The van der Waals surface area contributed by atoms with E-state index in [0.717, 1.165) is 30.7 Å². The quantitative estimate of drug-likeness (QED) is 0.281. The van der Waals surface area contributed by atoms with Crippen LogP contribution in [0.1, 0.15) is 38.1 Å². The van der Waals surface area contributed by atoms with Gasteiger partial charge in [-0.25, -0.2) is 9.18 Å². The molecule has 14 heteroatoms. The lowest BCUT2D eigenvalue weighted by atomic mass is 9.95. The summed E-state index contributed by atoms with van der Waals surface area (Å²) in [7, 11) is 0. The molecule has 0 unspecified atom stereocenters. The van der Waals surface area contributed by atoms with Crippen molar-refractivity contribution in [3.8, 4) is 10.7 Å². The molecular weight excluding hydrogens is 532 g/mol. The summed E-state index contributed by atoms with van der Waals surface area (Å²) in [6.45, 7) is 3.08. The molecule has 37 heavy (non-hydrogen) atoms. The second-order valence-corrected chi connectivity index (χ2v) is 11.5. The highest BCUT2D eigenvalue weighted by Crippen LogP contribution is 2.51. The van der Waals surface area contributed by atoms with E-state index in [1.54, 1.807) is 18.2 Å².